The molecule has 0 saturated carbocycles. The van der Waals surface area contributed by atoms with E-state index in [2.05, 4.69) is 5.32 Å². The highest BCUT2D eigenvalue weighted by atomic mass is 32.2. The minimum absolute atomic E-state index is 0.0377. The molecule has 2 heterocycles. The quantitative estimate of drug-likeness (QED) is 0.746. The summed E-state index contributed by atoms with van der Waals surface area (Å²) in [6.45, 7) is 2.57. The lowest BCUT2D eigenvalue weighted by Crippen LogP contribution is -2.44. The highest BCUT2D eigenvalue weighted by Gasteiger charge is 2.32. The van der Waals surface area contributed by atoms with E-state index in [4.69, 9.17) is 9.47 Å². The van der Waals surface area contributed by atoms with Crippen molar-refractivity contribution in [2.45, 2.75) is 11.8 Å². The van der Waals surface area contributed by atoms with Gasteiger partial charge in [-0.1, -0.05) is 18.2 Å². The number of nitrogens with one attached hydrogen (secondary N) is 1. The number of hydrogen-bond acceptors (Lipinski definition) is 6. The Hall–Kier alpha value is -2.95. The van der Waals surface area contributed by atoms with Crippen molar-refractivity contribution in [2.24, 2.45) is 0 Å². The van der Waals surface area contributed by atoms with Crippen LogP contribution < -0.4 is 15.0 Å². The first-order valence-corrected chi connectivity index (χ1v) is 11.3. The van der Waals surface area contributed by atoms with Crippen LogP contribution in [0.2, 0.25) is 0 Å². The van der Waals surface area contributed by atoms with Crippen molar-refractivity contribution >= 4 is 33.2 Å². The van der Waals surface area contributed by atoms with Gasteiger partial charge >= 0.3 is 0 Å². The molecule has 2 aromatic carbocycles. The summed E-state index contributed by atoms with van der Waals surface area (Å²) in [6, 6.07) is 11.7. The van der Waals surface area contributed by atoms with Gasteiger partial charge < -0.3 is 14.8 Å². The number of hydrogen-bond donors (Lipinski definition) is 1. The molecule has 0 aromatic heterocycles. The molecule has 1 saturated heterocycles. The number of rotatable bonds is 5. The van der Waals surface area contributed by atoms with Crippen molar-refractivity contribution in [1.82, 2.24) is 4.31 Å². The smallest absolute Gasteiger partial charge is 0.265 e. The molecule has 0 radical (unpaired) electrons. The molecule has 10 heteroatoms. The van der Waals surface area contributed by atoms with Crippen molar-refractivity contribution in [3.8, 4) is 5.75 Å². The lowest BCUT2D eigenvalue weighted by molar-refractivity contribution is -0.123. The van der Waals surface area contributed by atoms with Crippen molar-refractivity contribution < 1.29 is 27.5 Å². The van der Waals surface area contributed by atoms with E-state index < -0.39 is 21.8 Å². The number of aryl methyl sites for hydroxylation is 1. The Morgan fingerprint density at radius 1 is 1.13 bits per heavy atom. The Kier molecular flexibility index (Phi) is 5.94. The molecule has 0 aliphatic carbocycles. The number of ether oxygens (including phenoxy) is 2. The molecule has 1 N–H and O–H groups in total. The summed E-state index contributed by atoms with van der Waals surface area (Å²) < 4.78 is 38.0. The number of carbonyl (C=O) groups excluding carboxylic acids is 2. The highest BCUT2D eigenvalue weighted by Crippen LogP contribution is 2.35. The first-order valence-electron chi connectivity index (χ1n) is 9.87. The van der Waals surface area contributed by atoms with Gasteiger partial charge in [0.05, 0.1) is 23.8 Å². The molecule has 2 aliphatic rings. The van der Waals surface area contributed by atoms with Crippen molar-refractivity contribution in [3.63, 3.8) is 0 Å². The first kappa shape index (κ1) is 21.3. The highest BCUT2D eigenvalue weighted by molar-refractivity contribution is 7.89. The third-order valence-electron chi connectivity index (χ3n) is 5.20. The Bertz CT molecular complexity index is 1110. The Morgan fingerprint density at radius 2 is 1.87 bits per heavy atom. The number of anilines is 2. The number of fused-ring (bicyclic) bond motifs is 1. The lowest BCUT2D eigenvalue weighted by atomic mass is 10.2. The molecule has 1 fully saturated rings. The average Bonchev–Trinajstić information content (AvgIpc) is 2.77. The van der Waals surface area contributed by atoms with Gasteiger partial charge in [-0.25, -0.2) is 8.42 Å². The molecule has 2 aliphatic heterocycles. The summed E-state index contributed by atoms with van der Waals surface area (Å²) in [5.41, 5.74) is 1.80. The molecule has 0 spiro atoms. The largest absolute Gasteiger partial charge is 0.482 e. The Labute approximate surface area is 180 Å². The van der Waals surface area contributed by atoms with Crippen LogP contribution in [0, 0.1) is 6.92 Å². The van der Waals surface area contributed by atoms with E-state index in [0.29, 0.717) is 24.7 Å². The van der Waals surface area contributed by atoms with E-state index >= 15 is 0 Å². The van der Waals surface area contributed by atoms with Crippen LogP contribution in [0.4, 0.5) is 11.4 Å². The normalized spacial score (nSPS) is 17.1. The molecule has 0 bridgehead atoms. The van der Waals surface area contributed by atoms with Gasteiger partial charge in [0, 0.05) is 18.8 Å². The van der Waals surface area contributed by atoms with Crippen LogP contribution in [-0.2, 0) is 24.3 Å². The second-order valence-electron chi connectivity index (χ2n) is 7.28. The van der Waals surface area contributed by atoms with Gasteiger partial charge in [0.2, 0.25) is 15.9 Å². The number of benzene rings is 2. The molecular weight excluding hydrogens is 422 g/mol. The fraction of sp³-hybridized carbons (Fsp3) is 0.333. The maximum atomic E-state index is 13.0. The molecule has 31 heavy (non-hydrogen) atoms. The zero-order chi connectivity index (χ0) is 22.0. The number of morpholine rings is 1. The minimum Gasteiger partial charge on any atom is -0.482 e. The van der Waals surface area contributed by atoms with Gasteiger partial charge in [-0.3, -0.25) is 14.5 Å². The second kappa shape index (κ2) is 8.66. The second-order valence-corrected chi connectivity index (χ2v) is 9.22. The summed E-state index contributed by atoms with van der Waals surface area (Å²) >= 11 is 0. The van der Waals surface area contributed by atoms with E-state index in [9.17, 15) is 18.0 Å². The summed E-state index contributed by atoms with van der Waals surface area (Å²) in [6.07, 6.45) is 0. The predicted octanol–water partition coefficient (Wildman–Crippen LogP) is 1.38. The van der Waals surface area contributed by atoms with Crippen LogP contribution in [0.1, 0.15) is 5.56 Å². The third-order valence-corrected chi connectivity index (χ3v) is 7.10. The summed E-state index contributed by atoms with van der Waals surface area (Å²) in [7, 11) is -3.76. The van der Waals surface area contributed by atoms with Gasteiger partial charge in [-0.05, 0) is 36.8 Å². The minimum atomic E-state index is -3.76. The van der Waals surface area contributed by atoms with Gasteiger partial charge in [0.25, 0.3) is 5.91 Å². The molecule has 9 nitrogen and oxygen atoms in total. The third kappa shape index (κ3) is 4.41. The molecule has 2 amide bonds. The Balaban J connectivity index is 1.59. The number of nitrogens with zero attached hydrogens (tertiary/aromatic N) is 2. The maximum absolute atomic E-state index is 13.0. The molecule has 0 unspecified atom stereocenters. The lowest BCUT2D eigenvalue weighted by Gasteiger charge is -2.30. The molecular formula is C21H23N3O6S. The Morgan fingerprint density at radius 3 is 2.61 bits per heavy atom. The summed E-state index contributed by atoms with van der Waals surface area (Å²) in [4.78, 5) is 26.4. The predicted molar refractivity (Wildman–Crippen MR) is 114 cm³/mol. The van der Waals surface area contributed by atoms with E-state index in [1.54, 1.807) is 12.1 Å². The van der Waals surface area contributed by atoms with Crippen LogP contribution in [0.25, 0.3) is 0 Å². The van der Waals surface area contributed by atoms with E-state index in [0.717, 1.165) is 5.56 Å². The molecule has 164 valence electrons. The first-order chi connectivity index (χ1) is 14.9. The monoisotopic (exact) mass is 445 g/mol. The SMILES string of the molecule is Cc1ccccc1NC(=O)CN1C(=O)COc2ccc(S(=O)(=O)N3CCOCC3)cc21. The van der Waals surface area contributed by atoms with Gasteiger partial charge in [-0.2, -0.15) is 4.31 Å². The number of carbonyl (C=O) groups is 2. The zero-order valence-corrected chi connectivity index (χ0v) is 17.9. The number of sulfonamides is 1. The fourth-order valence-electron chi connectivity index (χ4n) is 3.50. The van der Waals surface area contributed by atoms with Crippen LogP contribution >= 0.6 is 0 Å². The maximum Gasteiger partial charge on any atom is 0.265 e. The summed E-state index contributed by atoms with van der Waals surface area (Å²) in [5, 5.41) is 2.79. The van der Waals surface area contributed by atoms with Gasteiger partial charge in [0.1, 0.15) is 12.3 Å². The van der Waals surface area contributed by atoms with Gasteiger partial charge in [-0.15, -0.1) is 0 Å². The standard InChI is InChI=1S/C21H23N3O6S/c1-15-4-2-3-5-17(15)22-20(25)13-24-18-12-16(6-7-19(18)30-14-21(24)26)31(27,28)23-8-10-29-11-9-23/h2-7,12H,8-11,13-14H2,1H3,(H,22,25). The van der Waals surface area contributed by atoms with E-state index in [-0.39, 0.29) is 36.8 Å². The molecule has 2 aromatic rings. The topological polar surface area (TPSA) is 105 Å². The van der Waals surface area contributed by atoms with Gasteiger partial charge in [0.15, 0.2) is 6.61 Å². The molecule has 0 atom stereocenters. The molecule has 4 rings (SSSR count). The van der Waals surface area contributed by atoms with Crippen molar-refractivity contribution in [3.05, 3.63) is 48.0 Å². The van der Waals surface area contributed by atoms with Crippen LogP contribution in [0.15, 0.2) is 47.4 Å². The zero-order valence-electron chi connectivity index (χ0n) is 17.0. The number of amides is 2. The van der Waals surface area contributed by atoms with Crippen LogP contribution in [0.3, 0.4) is 0 Å². The van der Waals surface area contributed by atoms with Crippen LogP contribution in [0.5, 0.6) is 5.75 Å². The van der Waals surface area contributed by atoms with Crippen LogP contribution in [-0.4, -0.2) is 64.0 Å². The summed E-state index contributed by atoms with van der Waals surface area (Å²) in [5.74, 6) is -0.463. The van der Waals surface area contributed by atoms with Crippen molar-refractivity contribution in [2.75, 3.05) is 49.7 Å². The number of para-hydroxylation sites is 1. The average molecular weight is 445 g/mol. The van der Waals surface area contributed by atoms with E-state index in [1.807, 2.05) is 19.1 Å². The van der Waals surface area contributed by atoms with E-state index in [1.165, 1.54) is 27.4 Å². The van der Waals surface area contributed by atoms with Crippen molar-refractivity contribution in [1.29, 1.82) is 0 Å². The fourth-order valence-corrected chi connectivity index (χ4v) is 4.93.